The second kappa shape index (κ2) is 6.15. The van der Waals surface area contributed by atoms with Crippen LogP contribution < -0.4 is 10.4 Å². The van der Waals surface area contributed by atoms with Crippen LogP contribution in [-0.4, -0.2) is 26.9 Å². The van der Waals surface area contributed by atoms with Crippen LogP contribution in [0.4, 0.5) is 5.82 Å². The molecule has 15 heavy (non-hydrogen) atoms. The molecule has 5 nitrogen and oxygen atoms in total. The zero-order chi connectivity index (χ0) is 11.1. The van der Waals surface area contributed by atoms with E-state index in [1.165, 1.54) is 0 Å². The first-order valence-electron chi connectivity index (χ1n) is 4.61. The van der Waals surface area contributed by atoms with E-state index in [1.807, 2.05) is 6.92 Å². The largest absolute Gasteiger partial charge is 0.251 e. The van der Waals surface area contributed by atoms with Gasteiger partial charge in [-0.25, -0.2) is 5.43 Å². The van der Waals surface area contributed by atoms with Crippen molar-refractivity contribution in [1.82, 2.24) is 20.8 Å². The van der Waals surface area contributed by atoms with Gasteiger partial charge in [0.05, 0.1) is 11.2 Å². The molecule has 0 aliphatic heterocycles. The Hall–Kier alpha value is -1.40. The van der Waals surface area contributed by atoms with Crippen LogP contribution in [0.2, 0.25) is 0 Å². The van der Waals surface area contributed by atoms with E-state index >= 15 is 0 Å². The molecule has 0 saturated carbocycles. The minimum Gasteiger partial charge on any atom is -0.251 e. The van der Waals surface area contributed by atoms with E-state index in [4.69, 9.17) is 12.2 Å². The predicted molar refractivity (Wildman–Crippen MR) is 63.4 cm³/mol. The average Bonchev–Trinajstić information content (AvgIpc) is 2.30. The minimum atomic E-state index is 0.615. The van der Waals surface area contributed by atoms with Crippen molar-refractivity contribution in [2.24, 2.45) is 0 Å². The number of nitrogens with one attached hydrogen (secondary N) is 1. The summed E-state index contributed by atoms with van der Waals surface area (Å²) in [6, 6.07) is 1.74. The van der Waals surface area contributed by atoms with Crippen molar-refractivity contribution >= 4 is 23.0 Å². The molecule has 1 aromatic rings. The third-order valence-corrected chi connectivity index (χ3v) is 2.14. The smallest absolute Gasteiger partial charge is 0.174 e. The lowest BCUT2D eigenvalue weighted by Crippen LogP contribution is -2.42. The Morgan fingerprint density at radius 3 is 3.07 bits per heavy atom. The van der Waals surface area contributed by atoms with Crippen LogP contribution in [0.5, 0.6) is 0 Å². The highest BCUT2D eigenvalue weighted by molar-refractivity contribution is 7.80. The summed E-state index contributed by atoms with van der Waals surface area (Å²) in [6.07, 6.45) is 4.08. The molecule has 1 rings (SSSR count). The SMILES string of the molecule is C=CCNN(C(=S)CC)c1ccnnn1. The maximum atomic E-state index is 5.21. The van der Waals surface area contributed by atoms with Crippen molar-refractivity contribution in [2.45, 2.75) is 13.3 Å². The minimum absolute atomic E-state index is 0.615. The second-order valence-corrected chi connectivity index (χ2v) is 3.18. The molecule has 80 valence electrons. The zero-order valence-electron chi connectivity index (χ0n) is 8.55. The number of thiocarbonyl (C=S) groups is 1. The molecule has 0 aliphatic rings. The summed E-state index contributed by atoms with van der Waals surface area (Å²) in [5.74, 6) is 0.638. The molecule has 0 aliphatic carbocycles. The molecule has 0 fully saturated rings. The molecular formula is C9H13N5S. The molecule has 0 atom stereocenters. The molecule has 0 unspecified atom stereocenters. The van der Waals surface area contributed by atoms with Crippen LogP contribution in [-0.2, 0) is 0 Å². The number of hydrogen-bond donors (Lipinski definition) is 1. The first-order valence-corrected chi connectivity index (χ1v) is 5.02. The Balaban J connectivity index is 2.81. The van der Waals surface area contributed by atoms with Gasteiger partial charge in [0.1, 0.15) is 0 Å². The van der Waals surface area contributed by atoms with Gasteiger partial charge in [0, 0.05) is 12.6 Å². The van der Waals surface area contributed by atoms with Crippen molar-refractivity contribution in [1.29, 1.82) is 0 Å². The van der Waals surface area contributed by atoms with Gasteiger partial charge in [-0.2, -0.15) is 0 Å². The third-order valence-electron chi connectivity index (χ3n) is 1.66. The maximum Gasteiger partial charge on any atom is 0.174 e. The first kappa shape index (κ1) is 11.7. The van der Waals surface area contributed by atoms with E-state index in [-0.39, 0.29) is 0 Å². The second-order valence-electron chi connectivity index (χ2n) is 2.71. The van der Waals surface area contributed by atoms with Gasteiger partial charge in [-0.3, -0.25) is 5.01 Å². The third kappa shape index (κ3) is 3.34. The van der Waals surface area contributed by atoms with Gasteiger partial charge >= 0.3 is 0 Å². The van der Waals surface area contributed by atoms with Gasteiger partial charge in [-0.15, -0.1) is 16.8 Å². The molecule has 0 radical (unpaired) electrons. The number of hydrogen-bond acceptors (Lipinski definition) is 5. The fourth-order valence-corrected chi connectivity index (χ4v) is 1.12. The monoisotopic (exact) mass is 223 g/mol. The van der Waals surface area contributed by atoms with Crippen LogP contribution in [0.15, 0.2) is 24.9 Å². The molecular weight excluding hydrogens is 210 g/mol. The van der Waals surface area contributed by atoms with Crippen molar-refractivity contribution in [3.05, 3.63) is 24.9 Å². The Bertz CT molecular complexity index is 327. The Morgan fingerprint density at radius 2 is 2.53 bits per heavy atom. The summed E-state index contributed by atoms with van der Waals surface area (Å²) in [6.45, 7) is 6.23. The number of aromatic nitrogens is 3. The summed E-state index contributed by atoms with van der Waals surface area (Å²) in [5.41, 5.74) is 3.08. The molecule has 0 saturated heterocycles. The number of hydrazine groups is 1. The van der Waals surface area contributed by atoms with Crippen LogP contribution in [0.25, 0.3) is 0 Å². The first-order chi connectivity index (χ1) is 7.29. The van der Waals surface area contributed by atoms with Crippen molar-refractivity contribution in [3.63, 3.8) is 0 Å². The van der Waals surface area contributed by atoms with Gasteiger partial charge in [0.25, 0.3) is 0 Å². The summed E-state index contributed by atoms with van der Waals surface area (Å²) >= 11 is 5.21. The standard InChI is InChI=1S/C9H13N5S/c1-3-6-11-14(9(15)4-2)8-5-7-10-13-12-8/h3,5,7,11H,1,4,6H2,2H3. The molecule has 6 heteroatoms. The van der Waals surface area contributed by atoms with E-state index in [0.717, 1.165) is 11.4 Å². The van der Waals surface area contributed by atoms with Gasteiger partial charge in [-0.05, 0) is 11.6 Å². The highest BCUT2D eigenvalue weighted by Gasteiger charge is 2.10. The Labute approximate surface area is 94.2 Å². The summed E-state index contributed by atoms with van der Waals surface area (Å²) in [7, 11) is 0. The van der Waals surface area contributed by atoms with Gasteiger partial charge in [0.2, 0.25) is 0 Å². The number of rotatable bonds is 5. The van der Waals surface area contributed by atoms with E-state index in [2.05, 4.69) is 27.4 Å². The van der Waals surface area contributed by atoms with Crippen LogP contribution >= 0.6 is 12.2 Å². The number of nitrogens with zero attached hydrogens (tertiary/aromatic N) is 4. The lowest BCUT2D eigenvalue weighted by atomic mass is 10.4. The van der Waals surface area contributed by atoms with E-state index in [0.29, 0.717) is 12.4 Å². The quantitative estimate of drug-likeness (QED) is 0.458. The summed E-state index contributed by atoms with van der Waals surface area (Å²) < 4.78 is 0. The average molecular weight is 223 g/mol. The molecule has 1 aromatic heterocycles. The van der Waals surface area contributed by atoms with E-state index in [1.54, 1.807) is 23.3 Å². The Kier molecular flexibility index (Phi) is 4.79. The molecule has 0 bridgehead atoms. The zero-order valence-corrected chi connectivity index (χ0v) is 9.37. The van der Waals surface area contributed by atoms with Crippen molar-refractivity contribution < 1.29 is 0 Å². The molecule has 0 spiro atoms. The predicted octanol–water partition coefficient (Wildman–Crippen LogP) is 1.11. The molecule has 0 aromatic carbocycles. The maximum absolute atomic E-state index is 5.21. The highest BCUT2D eigenvalue weighted by atomic mass is 32.1. The fraction of sp³-hybridized carbons (Fsp3) is 0.333. The van der Waals surface area contributed by atoms with Crippen LogP contribution in [0.3, 0.4) is 0 Å². The van der Waals surface area contributed by atoms with Crippen molar-refractivity contribution in [3.8, 4) is 0 Å². The van der Waals surface area contributed by atoms with Crippen molar-refractivity contribution in [2.75, 3.05) is 11.6 Å². The van der Waals surface area contributed by atoms with Gasteiger partial charge < -0.3 is 0 Å². The summed E-state index contributed by atoms with van der Waals surface area (Å²) in [4.78, 5) is 0.748. The van der Waals surface area contributed by atoms with E-state index in [9.17, 15) is 0 Å². The van der Waals surface area contributed by atoms with Crippen LogP contribution in [0.1, 0.15) is 13.3 Å². The van der Waals surface area contributed by atoms with Crippen LogP contribution in [0, 0.1) is 0 Å². The summed E-state index contributed by atoms with van der Waals surface area (Å²) in [5, 5.41) is 12.8. The molecule has 0 amide bonds. The van der Waals surface area contributed by atoms with Gasteiger partial charge in [0.15, 0.2) is 5.82 Å². The topological polar surface area (TPSA) is 53.9 Å². The highest BCUT2D eigenvalue weighted by Crippen LogP contribution is 2.07. The lowest BCUT2D eigenvalue weighted by molar-refractivity contribution is 0.752. The Morgan fingerprint density at radius 1 is 1.73 bits per heavy atom. The lowest BCUT2D eigenvalue weighted by Gasteiger charge is -2.22. The van der Waals surface area contributed by atoms with Gasteiger partial charge in [-0.1, -0.05) is 25.2 Å². The normalized spacial score (nSPS) is 9.67. The van der Waals surface area contributed by atoms with E-state index < -0.39 is 0 Å². The fourth-order valence-electron chi connectivity index (χ4n) is 0.965. The number of anilines is 1. The molecule has 1 N–H and O–H groups in total. The molecule has 1 heterocycles.